The summed E-state index contributed by atoms with van der Waals surface area (Å²) in [7, 11) is 0. The molecule has 1 aromatic carbocycles. The zero-order chi connectivity index (χ0) is 21.5. The van der Waals surface area contributed by atoms with Gasteiger partial charge in [-0.15, -0.1) is 0 Å². The van der Waals surface area contributed by atoms with Crippen LogP contribution in [0.25, 0.3) is 0 Å². The minimum Gasteiger partial charge on any atom is -0.454 e. The molecule has 4 saturated carbocycles. The van der Waals surface area contributed by atoms with Crippen molar-refractivity contribution in [1.82, 2.24) is 4.90 Å². The topological polar surface area (TPSA) is 54.4 Å². The summed E-state index contributed by atoms with van der Waals surface area (Å²) < 4.78 is 16.9. The summed E-state index contributed by atoms with van der Waals surface area (Å²) in [6, 6.07) is 6.18. The summed E-state index contributed by atoms with van der Waals surface area (Å²) in [5.41, 5.74) is 1.76. The molecule has 7 rings (SSSR count). The van der Waals surface area contributed by atoms with Crippen molar-refractivity contribution in [2.75, 3.05) is 57.6 Å². The van der Waals surface area contributed by atoms with Gasteiger partial charge in [-0.2, -0.15) is 0 Å². The second-order valence-corrected chi connectivity index (χ2v) is 11.2. The lowest BCUT2D eigenvalue weighted by molar-refractivity contribution is -0.0741. The molecule has 6 aliphatic rings. The monoisotopic (exact) mass is 442 g/mol. The van der Waals surface area contributed by atoms with Crippen molar-refractivity contribution >= 4 is 5.69 Å². The molecule has 0 radical (unpaired) electrons. The Hall–Kier alpha value is -1.50. The lowest BCUT2D eigenvalue weighted by atomic mass is 9.49. The number of hydrogen-bond acceptors (Lipinski definition) is 6. The van der Waals surface area contributed by atoms with Gasteiger partial charge < -0.3 is 24.2 Å². The Morgan fingerprint density at radius 2 is 1.66 bits per heavy atom. The van der Waals surface area contributed by atoms with Gasteiger partial charge in [0.15, 0.2) is 11.5 Å². The highest BCUT2D eigenvalue weighted by molar-refractivity contribution is 5.57. The van der Waals surface area contributed by atoms with E-state index in [0.29, 0.717) is 25.4 Å². The standard InChI is InChI=1S/C26H38N2O4/c29-23(17-30-8-3-26-13-19-9-20(14-26)11-21(10-19)15-26)16-27-4-6-28(7-5-27)22-1-2-24-25(12-22)32-18-31-24/h1-2,12,19-21,23,29H,3-11,13-18H2. The Morgan fingerprint density at radius 1 is 0.969 bits per heavy atom. The molecule has 1 aromatic rings. The molecule has 0 spiro atoms. The minimum absolute atomic E-state index is 0.315. The molecular weight excluding hydrogens is 404 g/mol. The third-order valence-corrected chi connectivity index (χ3v) is 8.81. The van der Waals surface area contributed by atoms with Gasteiger partial charge in [-0.05, 0) is 80.2 Å². The van der Waals surface area contributed by atoms with Gasteiger partial charge in [0.05, 0.1) is 12.7 Å². The van der Waals surface area contributed by atoms with Gasteiger partial charge in [0.2, 0.25) is 6.79 Å². The van der Waals surface area contributed by atoms with E-state index in [1.165, 1.54) is 50.6 Å². The molecule has 32 heavy (non-hydrogen) atoms. The first-order valence-corrected chi connectivity index (χ1v) is 12.8. The van der Waals surface area contributed by atoms with Crippen LogP contribution in [-0.2, 0) is 4.74 Å². The van der Waals surface area contributed by atoms with E-state index >= 15 is 0 Å². The largest absolute Gasteiger partial charge is 0.454 e. The Balaban J connectivity index is 0.906. The first-order valence-electron chi connectivity index (χ1n) is 12.8. The average molecular weight is 443 g/mol. The molecule has 0 amide bonds. The predicted octanol–water partition coefficient (Wildman–Crippen LogP) is 3.52. The highest BCUT2D eigenvalue weighted by Crippen LogP contribution is 2.61. The predicted molar refractivity (Wildman–Crippen MR) is 123 cm³/mol. The fourth-order valence-corrected chi connectivity index (χ4v) is 7.73. The van der Waals surface area contributed by atoms with E-state index in [2.05, 4.69) is 21.9 Å². The van der Waals surface area contributed by atoms with E-state index in [1.807, 2.05) is 6.07 Å². The fraction of sp³-hybridized carbons (Fsp3) is 0.769. The number of aliphatic hydroxyl groups excluding tert-OH is 1. The number of rotatable bonds is 8. The second-order valence-electron chi connectivity index (χ2n) is 11.2. The van der Waals surface area contributed by atoms with Crippen molar-refractivity contribution in [3.8, 4) is 11.5 Å². The third kappa shape index (κ3) is 4.34. The molecule has 1 atom stereocenters. The maximum absolute atomic E-state index is 10.5. The van der Waals surface area contributed by atoms with E-state index in [-0.39, 0.29) is 0 Å². The molecule has 1 saturated heterocycles. The lowest BCUT2D eigenvalue weighted by Gasteiger charge is -2.57. The highest BCUT2D eigenvalue weighted by atomic mass is 16.7. The van der Waals surface area contributed by atoms with Crippen LogP contribution in [0.1, 0.15) is 44.9 Å². The first-order chi connectivity index (χ1) is 15.6. The molecule has 6 heteroatoms. The maximum Gasteiger partial charge on any atom is 0.231 e. The van der Waals surface area contributed by atoms with E-state index < -0.39 is 6.10 Å². The number of β-amino-alcohol motifs (C(OH)–C–C–N with tert-alkyl or cyclic N) is 1. The summed E-state index contributed by atoms with van der Waals surface area (Å²) in [4.78, 5) is 4.74. The maximum atomic E-state index is 10.5. The van der Waals surface area contributed by atoms with E-state index in [4.69, 9.17) is 14.2 Å². The van der Waals surface area contributed by atoms with Gasteiger partial charge in [-0.3, -0.25) is 4.90 Å². The van der Waals surface area contributed by atoms with Crippen LogP contribution in [0.5, 0.6) is 11.5 Å². The number of hydrogen-bond donors (Lipinski definition) is 1. The molecule has 2 heterocycles. The van der Waals surface area contributed by atoms with Gasteiger partial charge >= 0.3 is 0 Å². The van der Waals surface area contributed by atoms with Gasteiger partial charge in [-0.1, -0.05) is 0 Å². The van der Waals surface area contributed by atoms with Crippen LogP contribution < -0.4 is 14.4 Å². The minimum atomic E-state index is -0.400. The van der Waals surface area contributed by atoms with E-state index in [9.17, 15) is 5.11 Å². The number of anilines is 1. The zero-order valence-corrected chi connectivity index (χ0v) is 19.2. The molecule has 176 valence electrons. The Labute approximate surface area is 191 Å². The van der Waals surface area contributed by atoms with Crippen molar-refractivity contribution in [2.45, 2.75) is 51.0 Å². The Morgan fingerprint density at radius 3 is 2.38 bits per heavy atom. The average Bonchev–Trinajstić information content (AvgIpc) is 3.24. The van der Waals surface area contributed by atoms with Crippen LogP contribution in [0.4, 0.5) is 5.69 Å². The SMILES string of the molecule is OC(COCCC12CC3CC(CC(C3)C1)C2)CN1CCN(c2ccc3c(c2)OCO3)CC1. The third-order valence-electron chi connectivity index (χ3n) is 8.81. The summed E-state index contributed by atoms with van der Waals surface area (Å²) in [6.45, 7) is 6.13. The van der Waals surface area contributed by atoms with Gasteiger partial charge in [-0.25, -0.2) is 0 Å². The van der Waals surface area contributed by atoms with Crippen molar-refractivity contribution in [2.24, 2.45) is 23.2 Å². The number of aliphatic hydroxyl groups is 1. The fourth-order valence-electron chi connectivity index (χ4n) is 7.73. The molecule has 6 nitrogen and oxygen atoms in total. The van der Waals surface area contributed by atoms with Crippen LogP contribution in [0.2, 0.25) is 0 Å². The van der Waals surface area contributed by atoms with Crippen molar-refractivity contribution in [1.29, 1.82) is 0 Å². The Bertz CT molecular complexity index is 772. The molecule has 0 aromatic heterocycles. The quantitative estimate of drug-likeness (QED) is 0.622. The van der Waals surface area contributed by atoms with E-state index in [1.54, 1.807) is 0 Å². The van der Waals surface area contributed by atoms with Gasteiger partial charge in [0, 0.05) is 51.1 Å². The van der Waals surface area contributed by atoms with E-state index in [0.717, 1.165) is 62.0 Å². The molecule has 4 aliphatic carbocycles. The number of piperazine rings is 1. The number of fused-ring (bicyclic) bond motifs is 1. The molecule has 4 bridgehead atoms. The van der Waals surface area contributed by atoms with Crippen LogP contribution in [0.15, 0.2) is 18.2 Å². The van der Waals surface area contributed by atoms with Crippen LogP contribution in [0, 0.1) is 23.2 Å². The van der Waals surface area contributed by atoms with Crippen molar-refractivity contribution in [3.05, 3.63) is 18.2 Å². The molecule has 5 fully saturated rings. The lowest BCUT2D eigenvalue weighted by Crippen LogP contribution is -2.49. The first kappa shape index (κ1) is 21.1. The number of ether oxygens (including phenoxy) is 3. The van der Waals surface area contributed by atoms with Crippen LogP contribution in [-0.4, -0.2) is 68.8 Å². The van der Waals surface area contributed by atoms with Crippen LogP contribution in [0.3, 0.4) is 0 Å². The summed E-state index contributed by atoms with van der Waals surface area (Å²) in [5, 5.41) is 10.5. The normalized spacial score (nSPS) is 34.3. The Kier molecular flexibility index (Phi) is 5.72. The van der Waals surface area contributed by atoms with Crippen molar-refractivity contribution < 1.29 is 19.3 Å². The smallest absolute Gasteiger partial charge is 0.231 e. The van der Waals surface area contributed by atoms with Crippen molar-refractivity contribution in [3.63, 3.8) is 0 Å². The highest BCUT2D eigenvalue weighted by Gasteiger charge is 2.50. The summed E-state index contributed by atoms with van der Waals surface area (Å²) >= 11 is 0. The molecule has 1 N–H and O–H groups in total. The zero-order valence-electron chi connectivity index (χ0n) is 19.2. The van der Waals surface area contributed by atoms with Crippen LogP contribution >= 0.6 is 0 Å². The summed E-state index contributed by atoms with van der Waals surface area (Å²) in [5.74, 6) is 4.68. The molecule has 1 unspecified atom stereocenters. The number of benzene rings is 1. The number of nitrogens with zero attached hydrogens (tertiary/aromatic N) is 2. The van der Waals surface area contributed by atoms with Gasteiger partial charge in [0.1, 0.15) is 0 Å². The summed E-state index contributed by atoms with van der Waals surface area (Å²) in [6.07, 6.45) is 9.64. The molecule has 2 aliphatic heterocycles. The second kappa shape index (κ2) is 8.69. The van der Waals surface area contributed by atoms with Gasteiger partial charge in [0.25, 0.3) is 0 Å². The molecular formula is C26H38N2O4.